The maximum absolute atomic E-state index is 12.4. The lowest BCUT2D eigenvalue weighted by molar-refractivity contribution is -0.139. The van der Waals surface area contributed by atoms with Crippen LogP contribution < -0.4 is 10.2 Å². The maximum Gasteiger partial charge on any atom is 0.329 e. The number of anilines is 1. The Hall–Kier alpha value is -2.94. The molecule has 2 aromatic rings. The van der Waals surface area contributed by atoms with E-state index in [0.717, 1.165) is 43.5 Å². The lowest BCUT2D eigenvalue weighted by atomic mass is 10.1. The monoisotopic (exact) mass is 440 g/mol. The molecule has 2 fully saturated rings. The Morgan fingerprint density at radius 2 is 2.00 bits per heavy atom. The van der Waals surface area contributed by atoms with E-state index in [4.69, 9.17) is 0 Å². The molecule has 2 aliphatic heterocycles. The number of imide groups is 1. The summed E-state index contributed by atoms with van der Waals surface area (Å²) in [6.07, 6.45) is 1.15. The Morgan fingerprint density at radius 1 is 1.22 bits per heavy atom. The number of carbonyl (C=O) groups is 3. The zero-order valence-electron chi connectivity index (χ0n) is 19.3. The van der Waals surface area contributed by atoms with Gasteiger partial charge in [0.05, 0.1) is 5.52 Å². The second-order valence-electron chi connectivity index (χ2n) is 9.14. The minimum absolute atomic E-state index is 0.0320. The van der Waals surface area contributed by atoms with Gasteiger partial charge in [-0.05, 0) is 31.0 Å². The van der Waals surface area contributed by atoms with Gasteiger partial charge in [0.15, 0.2) is 5.82 Å². The molecule has 9 nitrogen and oxygen atoms in total. The van der Waals surface area contributed by atoms with E-state index < -0.39 is 6.03 Å². The van der Waals surface area contributed by atoms with Gasteiger partial charge in [-0.2, -0.15) is 5.10 Å². The van der Waals surface area contributed by atoms with Crippen LogP contribution in [-0.4, -0.2) is 76.2 Å². The van der Waals surface area contributed by atoms with Gasteiger partial charge in [-0.1, -0.05) is 19.9 Å². The number of aryl methyl sites for hydroxylation is 1. The average Bonchev–Trinajstić information content (AvgIpc) is 3.07. The van der Waals surface area contributed by atoms with Crippen molar-refractivity contribution in [1.29, 1.82) is 0 Å². The third-order valence-corrected chi connectivity index (χ3v) is 6.41. The van der Waals surface area contributed by atoms with Crippen LogP contribution in [0.5, 0.6) is 0 Å². The number of hydrogen-bond donors (Lipinski definition) is 1. The molecule has 2 aliphatic rings. The van der Waals surface area contributed by atoms with Gasteiger partial charge in [-0.25, -0.2) is 4.79 Å². The number of nitrogens with zero attached hydrogens (tertiary/aromatic N) is 5. The van der Waals surface area contributed by atoms with Crippen LogP contribution in [0.3, 0.4) is 0 Å². The highest BCUT2D eigenvalue weighted by Gasteiger charge is 2.29. The minimum atomic E-state index is -0.422. The number of benzene rings is 1. The van der Waals surface area contributed by atoms with E-state index >= 15 is 0 Å². The van der Waals surface area contributed by atoms with Crippen molar-refractivity contribution < 1.29 is 14.4 Å². The van der Waals surface area contributed by atoms with Crippen molar-refractivity contribution >= 4 is 34.6 Å². The smallest absolute Gasteiger partial charge is 0.329 e. The Kier molecular flexibility index (Phi) is 6.19. The van der Waals surface area contributed by atoms with Gasteiger partial charge < -0.3 is 4.90 Å². The normalized spacial score (nSPS) is 20.3. The van der Waals surface area contributed by atoms with Gasteiger partial charge in [-0.3, -0.25) is 29.4 Å². The Balaban J connectivity index is 1.45. The fraction of sp³-hybridized carbons (Fsp3) is 0.565. The molecule has 32 heavy (non-hydrogen) atoms. The highest BCUT2D eigenvalue weighted by molar-refractivity contribution is 6.08. The molecule has 3 heterocycles. The van der Waals surface area contributed by atoms with Crippen molar-refractivity contribution in [2.24, 2.45) is 13.0 Å². The number of urea groups is 1. The first kappa shape index (κ1) is 22.3. The molecule has 1 aromatic carbocycles. The van der Waals surface area contributed by atoms with Crippen LogP contribution in [0.1, 0.15) is 32.8 Å². The van der Waals surface area contributed by atoms with Crippen LogP contribution in [0.2, 0.25) is 0 Å². The van der Waals surface area contributed by atoms with Gasteiger partial charge in [0.1, 0.15) is 0 Å². The Labute approximate surface area is 188 Å². The third-order valence-electron chi connectivity index (χ3n) is 6.41. The molecule has 2 saturated heterocycles. The lowest BCUT2D eigenvalue weighted by Gasteiger charge is -2.40. The van der Waals surface area contributed by atoms with Crippen molar-refractivity contribution in [3.63, 3.8) is 0 Å². The topological polar surface area (TPSA) is 90.8 Å². The van der Waals surface area contributed by atoms with E-state index in [1.165, 1.54) is 5.56 Å². The van der Waals surface area contributed by atoms with Gasteiger partial charge >= 0.3 is 6.03 Å². The van der Waals surface area contributed by atoms with Gasteiger partial charge in [0, 0.05) is 63.5 Å². The average molecular weight is 441 g/mol. The van der Waals surface area contributed by atoms with E-state index in [9.17, 15) is 14.4 Å². The number of aromatic nitrogens is 2. The third kappa shape index (κ3) is 4.34. The first-order valence-corrected chi connectivity index (χ1v) is 11.3. The zero-order valence-corrected chi connectivity index (χ0v) is 19.3. The number of hydrogen-bond acceptors (Lipinski definition) is 5. The molecule has 1 aromatic heterocycles. The standard InChI is InChI=1S/C23H32N6O3/c1-15(2)22(31)28-12-11-27(14-16(28)3)9-7-17-5-6-19-18(13-17)21(25-26(19)4)29-10-8-20(30)24-23(29)32/h5-6,13,15-16H,7-12,14H2,1-4H3,(H,24,30,32)/t16-/m0/s1. The molecule has 4 amide bonds. The summed E-state index contributed by atoms with van der Waals surface area (Å²) in [5, 5.41) is 7.83. The molecule has 0 saturated carbocycles. The summed E-state index contributed by atoms with van der Waals surface area (Å²) in [4.78, 5) is 42.2. The molecule has 4 rings (SSSR count). The predicted octanol–water partition coefficient (Wildman–Crippen LogP) is 1.75. The molecule has 0 aliphatic carbocycles. The van der Waals surface area contributed by atoms with Crippen molar-refractivity contribution in [3.05, 3.63) is 23.8 Å². The summed E-state index contributed by atoms with van der Waals surface area (Å²) < 4.78 is 1.77. The highest BCUT2D eigenvalue weighted by atomic mass is 16.2. The van der Waals surface area contributed by atoms with E-state index in [0.29, 0.717) is 12.4 Å². The summed E-state index contributed by atoms with van der Waals surface area (Å²) in [5.41, 5.74) is 2.12. The SMILES string of the molecule is CC(C)C(=O)N1CCN(CCc2ccc3c(c2)c(N2CCC(=O)NC2=O)nn3C)C[C@@H]1C. The molecule has 172 valence electrons. The van der Waals surface area contributed by atoms with Crippen LogP contribution in [0.15, 0.2) is 18.2 Å². The number of rotatable bonds is 5. The summed E-state index contributed by atoms with van der Waals surface area (Å²) in [5.74, 6) is 0.597. The summed E-state index contributed by atoms with van der Waals surface area (Å²) in [6, 6.07) is 6.04. The lowest BCUT2D eigenvalue weighted by Crippen LogP contribution is -2.55. The van der Waals surface area contributed by atoms with Crippen LogP contribution in [-0.2, 0) is 23.1 Å². The van der Waals surface area contributed by atoms with Crippen LogP contribution in [0.25, 0.3) is 10.9 Å². The Bertz CT molecular complexity index is 1050. The van der Waals surface area contributed by atoms with Crippen molar-refractivity contribution in [3.8, 4) is 0 Å². The van der Waals surface area contributed by atoms with E-state index in [2.05, 4.69) is 34.4 Å². The molecule has 0 unspecified atom stereocenters. The molecule has 0 bridgehead atoms. The minimum Gasteiger partial charge on any atom is -0.337 e. The van der Waals surface area contributed by atoms with E-state index in [-0.39, 0.29) is 30.2 Å². The van der Waals surface area contributed by atoms with E-state index in [1.54, 1.807) is 9.58 Å². The van der Waals surface area contributed by atoms with Crippen LogP contribution in [0, 0.1) is 5.92 Å². The summed E-state index contributed by atoms with van der Waals surface area (Å²) in [7, 11) is 1.86. The van der Waals surface area contributed by atoms with Crippen LogP contribution in [0.4, 0.5) is 10.6 Å². The fourth-order valence-electron chi connectivity index (χ4n) is 4.60. The number of fused-ring (bicyclic) bond motifs is 1. The highest BCUT2D eigenvalue weighted by Crippen LogP contribution is 2.28. The molecule has 1 atom stereocenters. The second-order valence-corrected chi connectivity index (χ2v) is 9.14. The molecule has 9 heteroatoms. The summed E-state index contributed by atoms with van der Waals surface area (Å²) >= 11 is 0. The van der Waals surface area contributed by atoms with Crippen LogP contribution >= 0.6 is 0 Å². The molecule has 1 N–H and O–H groups in total. The molecular formula is C23H32N6O3. The van der Waals surface area contributed by atoms with Crippen molar-refractivity contribution in [2.75, 3.05) is 37.6 Å². The first-order chi connectivity index (χ1) is 15.2. The fourth-order valence-corrected chi connectivity index (χ4v) is 4.60. The van der Waals surface area contributed by atoms with Gasteiger partial charge in [-0.15, -0.1) is 0 Å². The molecule has 0 radical (unpaired) electrons. The predicted molar refractivity (Wildman–Crippen MR) is 122 cm³/mol. The Morgan fingerprint density at radius 3 is 2.69 bits per heavy atom. The number of carbonyl (C=O) groups excluding carboxylic acids is 3. The molecule has 0 spiro atoms. The van der Waals surface area contributed by atoms with E-state index in [1.807, 2.05) is 31.9 Å². The quantitative estimate of drug-likeness (QED) is 0.765. The summed E-state index contributed by atoms with van der Waals surface area (Å²) in [6.45, 7) is 9.80. The van der Waals surface area contributed by atoms with Crippen molar-refractivity contribution in [1.82, 2.24) is 24.9 Å². The zero-order chi connectivity index (χ0) is 23.0. The molecular weight excluding hydrogens is 408 g/mol. The number of piperazine rings is 1. The second kappa shape index (κ2) is 8.90. The largest absolute Gasteiger partial charge is 0.337 e. The van der Waals surface area contributed by atoms with Gasteiger partial charge in [0.2, 0.25) is 11.8 Å². The first-order valence-electron chi connectivity index (χ1n) is 11.3. The van der Waals surface area contributed by atoms with Crippen molar-refractivity contribution in [2.45, 2.75) is 39.7 Å². The maximum atomic E-state index is 12.4. The number of nitrogens with one attached hydrogen (secondary N) is 1. The van der Waals surface area contributed by atoms with Gasteiger partial charge in [0.25, 0.3) is 0 Å². The number of amides is 4.